The molecule has 0 amide bonds. The summed E-state index contributed by atoms with van der Waals surface area (Å²) < 4.78 is 14.4. The summed E-state index contributed by atoms with van der Waals surface area (Å²) in [7, 11) is 0. The van der Waals surface area contributed by atoms with E-state index in [-0.39, 0.29) is 5.02 Å². The van der Waals surface area contributed by atoms with Crippen LogP contribution < -0.4 is 11.5 Å². The van der Waals surface area contributed by atoms with Gasteiger partial charge >= 0.3 is 0 Å². The molecule has 3 aromatic rings. The maximum absolute atomic E-state index is 13.3. The molecule has 1 heterocycles. The van der Waals surface area contributed by atoms with Gasteiger partial charge in [-0.2, -0.15) is 0 Å². The van der Waals surface area contributed by atoms with Crippen LogP contribution in [0.4, 0.5) is 15.1 Å². The SMILES string of the molecule is Cc1ccc2sc(N)c(N)c2c1-c1ccc(F)c(Cl)c1. The van der Waals surface area contributed by atoms with Gasteiger partial charge in [0.05, 0.1) is 10.7 Å². The number of nitrogens with two attached hydrogens (primary N) is 2. The Labute approximate surface area is 124 Å². The Kier molecular flexibility index (Phi) is 3.07. The van der Waals surface area contributed by atoms with Crippen molar-refractivity contribution in [1.29, 1.82) is 0 Å². The number of hydrogen-bond acceptors (Lipinski definition) is 3. The Hall–Kier alpha value is -1.78. The second kappa shape index (κ2) is 4.65. The summed E-state index contributed by atoms with van der Waals surface area (Å²) in [5.41, 5.74) is 15.4. The summed E-state index contributed by atoms with van der Waals surface area (Å²) in [6, 6.07) is 8.69. The van der Waals surface area contributed by atoms with Crippen LogP contribution in [0, 0.1) is 12.7 Å². The smallest absolute Gasteiger partial charge is 0.141 e. The van der Waals surface area contributed by atoms with E-state index in [1.807, 2.05) is 19.1 Å². The quantitative estimate of drug-likeness (QED) is 0.676. The fourth-order valence-electron chi connectivity index (χ4n) is 2.36. The molecule has 5 heteroatoms. The van der Waals surface area contributed by atoms with Crippen molar-refractivity contribution in [3.63, 3.8) is 0 Å². The number of benzene rings is 2. The zero-order chi connectivity index (χ0) is 14.4. The molecule has 102 valence electrons. The van der Waals surface area contributed by atoms with E-state index in [0.717, 1.165) is 26.8 Å². The molecule has 0 saturated carbocycles. The van der Waals surface area contributed by atoms with E-state index in [1.165, 1.54) is 17.4 Å². The van der Waals surface area contributed by atoms with Gasteiger partial charge in [-0.25, -0.2) is 4.39 Å². The van der Waals surface area contributed by atoms with Crippen LogP contribution in [0.15, 0.2) is 30.3 Å². The second-order valence-electron chi connectivity index (χ2n) is 4.64. The second-order valence-corrected chi connectivity index (χ2v) is 6.13. The minimum absolute atomic E-state index is 0.0978. The molecule has 0 saturated heterocycles. The van der Waals surface area contributed by atoms with Gasteiger partial charge in [0.25, 0.3) is 0 Å². The van der Waals surface area contributed by atoms with Gasteiger partial charge < -0.3 is 11.5 Å². The minimum atomic E-state index is -0.432. The molecular formula is C15H12ClFN2S. The minimum Gasteiger partial charge on any atom is -0.396 e. The highest BCUT2D eigenvalue weighted by molar-refractivity contribution is 7.23. The number of anilines is 2. The molecule has 4 N–H and O–H groups in total. The summed E-state index contributed by atoms with van der Waals surface area (Å²) in [5, 5.41) is 1.61. The molecule has 20 heavy (non-hydrogen) atoms. The van der Waals surface area contributed by atoms with E-state index < -0.39 is 5.82 Å². The van der Waals surface area contributed by atoms with Crippen LogP contribution >= 0.6 is 22.9 Å². The summed E-state index contributed by atoms with van der Waals surface area (Å²) >= 11 is 7.33. The van der Waals surface area contributed by atoms with E-state index in [4.69, 9.17) is 23.1 Å². The Morgan fingerprint density at radius 2 is 1.90 bits per heavy atom. The van der Waals surface area contributed by atoms with Crippen LogP contribution in [-0.4, -0.2) is 0 Å². The van der Waals surface area contributed by atoms with E-state index in [1.54, 1.807) is 12.1 Å². The van der Waals surface area contributed by atoms with E-state index >= 15 is 0 Å². The number of rotatable bonds is 1. The molecule has 2 aromatic carbocycles. The first-order valence-corrected chi connectivity index (χ1v) is 7.21. The Morgan fingerprint density at radius 1 is 1.15 bits per heavy atom. The predicted octanol–water partition coefficient (Wildman–Crippen LogP) is 4.83. The van der Waals surface area contributed by atoms with Crippen molar-refractivity contribution in [2.24, 2.45) is 0 Å². The Bertz CT molecular complexity index is 826. The predicted molar refractivity (Wildman–Crippen MR) is 85.8 cm³/mol. The highest BCUT2D eigenvalue weighted by Gasteiger charge is 2.15. The van der Waals surface area contributed by atoms with Gasteiger partial charge in [0.1, 0.15) is 10.8 Å². The highest BCUT2D eigenvalue weighted by atomic mass is 35.5. The maximum Gasteiger partial charge on any atom is 0.141 e. The molecule has 0 aliphatic carbocycles. The zero-order valence-electron chi connectivity index (χ0n) is 10.7. The third-order valence-corrected chi connectivity index (χ3v) is 4.63. The zero-order valence-corrected chi connectivity index (χ0v) is 12.3. The van der Waals surface area contributed by atoms with Gasteiger partial charge in [0, 0.05) is 10.1 Å². The molecule has 1 aromatic heterocycles. The molecule has 2 nitrogen and oxygen atoms in total. The van der Waals surface area contributed by atoms with Crippen molar-refractivity contribution in [3.8, 4) is 11.1 Å². The fraction of sp³-hybridized carbons (Fsp3) is 0.0667. The fourth-order valence-corrected chi connectivity index (χ4v) is 3.44. The highest BCUT2D eigenvalue weighted by Crippen LogP contribution is 2.43. The number of fused-ring (bicyclic) bond motifs is 1. The van der Waals surface area contributed by atoms with Gasteiger partial charge in [-0.05, 0) is 41.8 Å². The van der Waals surface area contributed by atoms with Crippen LogP contribution in [0.2, 0.25) is 5.02 Å². The lowest BCUT2D eigenvalue weighted by atomic mass is 9.96. The van der Waals surface area contributed by atoms with Crippen molar-refractivity contribution in [1.82, 2.24) is 0 Å². The monoisotopic (exact) mass is 306 g/mol. The van der Waals surface area contributed by atoms with Crippen LogP contribution in [0.25, 0.3) is 21.2 Å². The third kappa shape index (κ3) is 1.92. The standard InChI is InChI=1S/C15H12ClFN2S/c1-7-2-5-11-13(14(18)15(19)20-11)12(7)8-3-4-10(17)9(16)6-8/h2-6H,18-19H2,1H3. The normalized spacial score (nSPS) is 11.2. The molecule has 0 unspecified atom stereocenters. The first kappa shape index (κ1) is 13.2. The molecule has 0 aliphatic heterocycles. The van der Waals surface area contributed by atoms with Crippen LogP contribution in [0.3, 0.4) is 0 Å². The molecular weight excluding hydrogens is 295 g/mol. The van der Waals surface area contributed by atoms with E-state index in [2.05, 4.69) is 0 Å². The molecule has 0 spiro atoms. The van der Waals surface area contributed by atoms with Crippen LogP contribution in [0.5, 0.6) is 0 Å². The average molecular weight is 307 g/mol. The number of nitrogen functional groups attached to an aromatic ring is 2. The number of aryl methyl sites for hydroxylation is 1. The maximum atomic E-state index is 13.3. The van der Waals surface area contributed by atoms with Crippen molar-refractivity contribution in [2.75, 3.05) is 11.5 Å². The van der Waals surface area contributed by atoms with Crippen molar-refractivity contribution < 1.29 is 4.39 Å². The number of halogens is 2. The Morgan fingerprint density at radius 3 is 2.60 bits per heavy atom. The topological polar surface area (TPSA) is 52.0 Å². The van der Waals surface area contributed by atoms with Gasteiger partial charge in [-0.1, -0.05) is 23.7 Å². The van der Waals surface area contributed by atoms with Crippen LogP contribution in [0.1, 0.15) is 5.56 Å². The summed E-state index contributed by atoms with van der Waals surface area (Å²) in [4.78, 5) is 0. The van der Waals surface area contributed by atoms with Gasteiger partial charge in [-0.3, -0.25) is 0 Å². The lowest BCUT2D eigenvalue weighted by molar-refractivity contribution is 0.628. The largest absolute Gasteiger partial charge is 0.396 e. The van der Waals surface area contributed by atoms with Crippen molar-refractivity contribution in [2.45, 2.75) is 6.92 Å². The Balaban J connectivity index is 2.39. The van der Waals surface area contributed by atoms with Crippen molar-refractivity contribution in [3.05, 3.63) is 46.7 Å². The number of thiophene rings is 1. The molecule has 0 bridgehead atoms. The average Bonchev–Trinajstić information content (AvgIpc) is 2.70. The molecule has 0 fully saturated rings. The van der Waals surface area contributed by atoms with Crippen LogP contribution in [-0.2, 0) is 0 Å². The molecule has 0 radical (unpaired) electrons. The first-order chi connectivity index (χ1) is 9.49. The van der Waals surface area contributed by atoms with Crippen molar-refractivity contribution >= 4 is 43.7 Å². The van der Waals surface area contributed by atoms with Gasteiger partial charge in [-0.15, -0.1) is 11.3 Å². The van der Waals surface area contributed by atoms with E-state index in [0.29, 0.717) is 10.7 Å². The third-order valence-electron chi connectivity index (χ3n) is 3.34. The lowest BCUT2D eigenvalue weighted by Crippen LogP contribution is -1.92. The summed E-state index contributed by atoms with van der Waals surface area (Å²) in [5.74, 6) is -0.432. The number of hydrogen-bond donors (Lipinski definition) is 2. The molecule has 0 atom stereocenters. The van der Waals surface area contributed by atoms with E-state index in [9.17, 15) is 4.39 Å². The van der Waals surface area contributed by atoms with Gasteiger partial charge in [0.15, 0.2) is 0 Å². The first-order valence-electron chi connectivity index (χ1n) is 6.01. The summed E-state index contributed by atoms with van der Waals surface area (Å²) in [6.45, 7) is 1.99. The summed E-state index contributed by atoms with van der Waals surface area (Å²) in [6.07, 6.45) is 0. The lowest BCUT2D eigenvalue weighted by Gasteiger charge is -2.10. The van der Waals surface area contributed by atoms with Gasteiger partial charge in [0.2, 0.25) is 0 Å². The molecule has 0 aliphatic rings. The molecule has 3 rings (SSSR count).